The molecule has 0 unspecified atom stereocenters. The summed E-state index contributed by atoms with van der Waals surface area (Å²) in [6.45, 7) is 0. The van der Waals surface area contributed by atoms with Gasteiger partial charge < -0.3 is 4.84 Å². The number of benzene rings is 3. The number of hydrogen-bond donors (Lipinski definition) is 0. The van der Waals surface area contributed by atoms with Gasteiger partial charge in [0.05, 0.1) is 17.5 Å². The second-order valence-corrected chi connectivity index (χ2v) is 6.17. The Kier molecular flexibility index (Phi) is 4.16. The van der Waals surface area contributed by atoms with E-state index < -0.39 is 17.8 Å². The largest absolute Gasteiger partial charge is 0.333 e. The highest BCUT2D eigenvalue weighted by molar-refractivity contribution is 6.20. The summed E-state index contributed by atoms with van der Waals surface area (Å²) in [6.07, 6.45) is 0.242. The third-order valence-corrected chi connectivity index (χ3v) is 4.51. The van der Waals surface area contributed by atoms with Gasteiger partial charge in [-0.05, 0) is 35.6 Å². The quantitative estimate of drug-likeness (QED) is 0.664. The van der Waals surface area contributed by atoms with Gasteiger partial charge in [0.2, 0.25) is 0 Å². The monoisotopic (exact) mass is 363 g/mol. The SMILES string of the molecule is O=C(CCc1ccc(F)c2ccccc12)ON1C(=O)c2ccccc2C1=O. The fourth-order valence-electron chi connectivity index (χ4n) is 3.18. The maximum Gasteiger partial charge on any atom is 0.333 e. The zero-order valence-corrected chi connectivity index (χ0v) is 14.1. The molecule has 0 saturated heterocycles. The van der Waals surface area contributed by atoms with Crippen LogP contribution in [0.15, 0.2) is 60.7 Å². The molecule has 1 aliphatic heterocycles. The minimum Gasteiger partial charge on any atom is -0.330 e. The standard InChI is InChI=1S/C21H14FNO4/c22-18-11-9-13(14-5-1-2-6-15(14)18)10-12-19(24)27-23-20(25)16-7-3-4-8-17(16)21(23)26/h1-9,11H,10,12H2. The topological polar surface area (TPSA) is 63.7 Å². The summed E-state index contributed by atoms with van der Waals surface area (Å²) in [7, 11) is 0. The average Bonchev–Trinajstić information content (AvgIpc) is 2.93. The molecule has 0 N–H and O–H groups in total. The molecule has 1 aliphatic rings. The van der Waals surface area contributed by atoms with Crippen LogP contribution in [0.4, 0.5) is 4.39 Å². The lowest BCUT2D eigenvalue weighted by molar-refractivity contribution is -0.168. The summed E-state index contributed by atoms with van der Waals surface area (Å²) in [6, 6.07) is 16.2. The molecule has 0 aromatic heterocycles. The first-order valence-electron chi connectivity index (χ1n) is 8.41. The first-order valence-corrected chi connectivity index (χ1v) is 8.41. The van der Waals surface area contributed by atoms with Crippen molar-refractivity contribution in [1.82, 2.24) is 5.06 Å². The van der Waals surface area contributed by atoms with E-state index in [1.165, 1.54) is 18.2 Å². The molecule has 0 radical (unpaired) electrons. The molecule has 5 nitrogen and oxygen atoms in total. The first-order chi connectivity index (χ1) is 13.1. The van der Waals surface area contributed by atoms with Crippen LogP contribution in [0.5, 0.6) is 0 Å². The van der Waals surface area contributed by atoms with Crippen molar-refractivity contribution < 1.29 is 23.6 Å². The molecule has 1 heterocycles. The van der Waals surface area contributed by atoms with Crippen molar-refractivity contribution in [2.75, 3.05) is 0 Å². The molecule has 6 heteroatoms. The lowest BCUT2D eigenvalue weighted by Crippen LogP contribution is -2.32. The van der Waals surface area contributed by atoms with Crippen molar-refractivity contribution in [2.24, 2.45) is 0 Å². The number of carbonyl (C=O) groups is 3. The summed E-state index contributed by atoms with van der Waals surface area (Å²) < 4.78 is 13.9. The van der Waals surface area contributed by atoms with Gasteiger partial charge >= 0.3 is 5.97 Å². The van der Waals surface area contributed by atoms with E-state index in [2.05, 4.69) is 0 Å². The van der Waals surface area contributed by atoms with E-state index in [4.69, 9.17) is 4.84 Å². The molecule has 0 bridgehead atoms. The van der Waals surface area contributed by atoms with Crippen LogP contribution in [0, 0.1) is 5.82 Å². The van der Waals surface area contributed by atoms with Crippen LogP contribution in [0.3, 0.4) is 0 Å². The van der Waals surface area contributed by atoms with Crippen molar-refractivity contribution in [3.05, 3.63) is 83.2 Å². The molecule has 134 valence electrons. The molecular formula is C21H14FNO4. The minimum atomic E-state index is -0.710. The maximum absolute atomic E-state index is 13.9. The molecule has 0 aliphatic carbocycles. The van der Waals surface area contributed by atoms with Crippen molar-refractivity contribution in [1.29, 1.82) is 0 Å². The van der Waals surface area contributed by atoms with E-state index in [1.54, 1.807) is 42.5 Å². The Morgan fingerprint density at radius 3 is 2.11 bits per heavy atom. The van der Waals surface area contributed by atoms with Gasteiger partial charge in [-0.3, -0.25) is 9.59 Å². The van der Waals surface area contributed by atoms with Gasteiger partial charge in [0.15, 0.2) is 0 Å². The van der Waals surface area contributed by atoms with E-state index in [-0.39, 0.29) is 23.4 Å². The number of halogens is 1. The highest BCUT2D eigenvalue weighted by Crippen LogP contribution is 2.25. The second-order valence-electron chi connectivity index (χ2n) is 6.17. The molecule has 0 fully saturated rings. The molecule has 3 aromatic carbocycles. The van der Waals surface area contributed by atoms with E-state index in [0.29, 0.717) is 22.3 Å². The number of rotatable bonds is 4. The smallest absolute Gasteiger partial charge is 0.330 e. The Balaban J connectivity index is 1.47. The van der Waals surface area contributed by atoms with Crippen LogP contribution in [0.1, 0.15) is 32.7 Å². The number of nitrogens with zero attached hydrogens (tertiary/aromatic N) is 1. The molecule has 0 atom stereocenters. The van der Waals surface area contributed by atoms with E-state index in [1.807, 2.05) is 0 Å². The molecule has 0 saturated carbocycles. The van der Waals surface area contributed by atoms with Crippen LogP contribution >= 0.6 is 0 Å². The average molecular weight is 363 g/mol. The van der Waals surface area contributed by atoms with Gasteiger partial charge in [-0.2, -0.15) is 0 Å². The highest BCUT2D eigenvalue weighted by atomic mass is 19.1. The zero-order chi connectivity index (χ0) is 19.0. The fraction of sp³-hybridized carbons (Fsp3) is 0.0952. The Labute approximate surface area is 153 Å². The molecule has 4 rings (SSSR count). The van der Waals surface area contributed by atoms with Crippen molar-refractivity contribution in [2.45, 2.75) is 12.8 Å². The van der Waals surface area contributed by atoms with E-state index >= 15 is 0 Å². The number of hydroxylamine groups is 2. The van der Waals surface area contributed by atoms with Crippen LogP contribution in [-0.2, 0) is 16.1 Å². The van der Waals surface area contributed by atoms with Crippen molar-refractivity contribution in [3.63, 3.8) is 0 Å². The lowest BCUT2D eigenvalue weighted by atomic mass is 10.0. The van der Waals surface area contributed by atoms with Gasteiger partial charge in [-0.1, -0.05) is 47.5 Å². The van der Waals surface area contributed by atoms with Gasteiger partial charge in [0, 0.05) is 5.39 Å². The van der Waals surface area contributed by atoms with Crippen LogP contribution < -0.4 is 0 Å². The number of fused-ring (bicyclic) bond motifs is 2. The predicted octanol–water partition coefficient (Wildman–Crippen LogP) is 3.67. The van der Waals surface area contributed by atoms with Crippen molar-refractivity contribution >= 4 is 28.6 Å². The minimum absolute atomic E-state index is 0.0525. The summed E-state index contributed by atoms with van der Waals surface area (Å²) >= 11 is 0. The Morgan fingerprint density at radius 2 is 1.44 bits per heavy atom. The molecule has 3 aromatic rings. The number of imide groups is 1. The number of hydrogen-bond acceptors (Lipinski definition) is 4. The zero-order valence-electron chi connectivity index (χ0n) is 14.1. The van der Waals surface area contributed by atoms with Gasteiger partial charge in [0.25, 0.3) is 11.8 Å². The third kappa shape index (κ3) is 2.95. The van der Waals surface area contributed by atoms with Gasteiger partial charge in [0.1, 0.15) is 5.82 Å². The third-order valence-electron chi connectivity index (χ3n) is 4.51. The summed E-state index contributed by atoms with van der Waals surface area (Å²) in [5.41, 5.74) is 1.20. The Bertz CT molecular complexity index is 1060. The molecule has 0 spiro atoms. The fourth-order valence-corrected chi connectivity index (χ4v) is 3.18. The van der Waals surface area contributed by atoms with Gasteiger partial charge in [-0.25, -0.2) is 9.18 Å². The molecule has 27 heavy (non-hydrogen) atoms. The Hall–Kier alpha value is -3.54. The molecule has 2 amide bonds. The van der Waals surface area contributed by atoms with Crippen LogP contribution in [0.25, 0.3) is 10.8 Å². The molecular weight excluding hydrogens is 349 g/mol. The van der Waals surface area contributed by atoms with Crippen molar-refractivity contribution in [3.8, 4) is 0 Å². The second kappa shape index (κ2) is 6.64. The summed E-state index contributed by atoms with van der Waals surface area (Å²) in [5.74, 6) is -2.35. The number of carbonyl (C=O) groups excluding carboxylic acids is 3. The normalized spacial score (nSPS) is 13.1. The summed E-state index contributed by atoms with van der Waals surface area (Å²) in [4.78, 5) is 41.6. The number of amides is 2. The van der Waals surface area contributed by atoms with E-state index in [0.717, 1.165) is 5.56 Å². The maximum atomic E-state index is 13.9. The first kappa shape index (κ1) is 16.9. The highest BCUT2D eigenvalue weighted by Gasteiger charge is 2.38. The number of aryl methyl sites for hydroxylation is 1. The summed E-state index contributed by atoms with van der Waals surface area (Å²) in [5, 5.41) is 1.69. The Morgan fingerprint density at radius 1 is 0.852 bits per heavy atom. The van der Waals surface area contributed by atoms with Crippen LogP contribution in [0.2, 0.25) is 0 Å². The lowest BCUT2D eigenvalue weighted by Gasteiger charge is -2.13. The van der Waals surface area contributed by atoms with Gasteiger partial charge in [-0.15, -0.1) is 0 Å². The predicted molar refractivity (Wildman–Crippen MR) is 95.3 cm³/mol. The van der Waals surface area contributed by atoms with Crippen LogP contribution in [-0.4, -0.2) is 22.8 Å². The van der Waals surface area contributed by atoms with E-state index in [9.17, 15) is 18.8 Å².